The molecule has 1 aromatic carbocycles. The first-order valence-electron chi connectivity index (χ1n) is 8.53. The molecule has 0 saturated carbocycles. The maximum Gasteiger partial charge on any atom is 0.202 e. The molecule has 3 rings (SSSR count). The fraction of sp³-hybridized carbons (Fsp3) is 0.400. The summed E-state index contributed by atoms with van der Waals surface area (Å²) in [5.74, 6) is 0.353. The van der Waals surface area contributed by atoms with Crippen LogP contribution in [0.25, 0.3) is 0 Å². The van der Waals surface area contributed by atoms with E-state index in [0.717, 1.165) is 37.4 Å². The molecule has 0 radical (unpaired) electrons. The van der Waals surface area contributed by atoms with Gasteiger partial charge in [-0.15, -0.1) is 0 Å². The van der Waals surface area contributed by atoms with Gasteiger partial charge < -0.3 is 14.0 Å². The van der Waals surface area contributed by atoms with Crippen molar-refractivity contribution in [3.05, 3.63) is 52.8 Å². The van der Waals surface area contributed by atoms with Crippen molar-refractivity contribution in [1.29, 1.82) is 5.26 Å². The first-order valence-corrected chi connectivity index (χ1v) is 8.53. The molecule has 0 spiro atoms. The second kappa shape index (κ2) is 7.54. The quantitative estimate of drug-likeness (QED) is 0.757. The van der Waals surface area contributed by atoms with Crippen LogP contribution in [0.15, 0.2) is 30.3 Å². The number of ether oxygens (including phenoxy) is 2. The Labute approximate surface area is 147 Å². The number of aryl methyl sites for hydroxylation is 1. The van der Waals surface area contributed by atoms with Gasteiger partial charge >= 0.3 is 0 Å². The Morgan fingerprint density at radius 3 is 2.92 bits per heavy atom. The van der Waals surface area contributed by atoms with Gasteiger partial charge in [-0.05, 0) is 44.9 Å². The molecule has 2 aromatic rings. The summed E-state index contributed by atoms with van der Waals surface area (Å²) in [7, 11) is 0. The number of benzene rings is 1. The Hall–Kier alpha value is -2.58. The van der Waals surface area contributed by atoms with Gasteiger partial charge in [0.15, 0.2) is 6.61 Å². The van der Waals surface area contributed by atoms with Gasteiger partial charge in [-0.2, -0.15) is 5.26 Å². The summed E-state index contributed by atoms with van der Waals surface area (Å²) in [6, 6.07) is 10.9. The third kappa shape index (κ3) is 3.75. The molecule has 1 aliphatic rings. The summed E-state index contributed by atoms with van der Waals surface area (Å²) in [5, 5.41) is 9.09. The molecule has 5 nitrogen and oxygen atoms in total. The van der Waals surface area contributed by atoms with Crippen LogP contribution < -0.4 is 4.74 Å². The third-order valence-corrected chi connectivity index (χ3v) is 4.65. The molecule has 1 fully saturated rings. The minimum atomic E-state index is -0.0839. The van der Waals surface area contributed by atoms with Crippen molar-refractivity contribution in [2.45, 2.75) is 39.3 Å². The minimum absolute atomic E-state index is 0.0804. The number of carbonyl (C=O) groups is 1. The molecule has 1 saturated heterocycles. The summed E-state index contributed by atoms with van der Waals surface area (Å²) in [6.07, 6.45) is 2.39. The van der Waals surface area contributed by atoms with Crippen molar-refractivity contribution in [3.63, 3.8) is 0 Å². The molecule has 1 atom stereocenters. The number of nitriles is 1. The molecule has 0 bridgehead atoms. The van der Waals surface area contributed by atoms with E-state index < -0.39 is 0 Å². The minimum Gasteiger partial charge on any atom is -0.484 e. The average molecular weight is 338 g/mol. The maximum atomic E-state index is 12.6. The Morgan fingerprint density at radius 2 is 2.20 bits per heavy atom. The number of hydrogen-bond acceptors (Lipinski definition) is 4. The van der Waals surface area contributed by atoms with Crippen LogP contribution in [0.5, 0.6) is 5.75 Å². The highest BCUT2D eigenvalue weighted by atomic mass is 16.5. The maximum absolute atomic E-state index is 12.6. The SMILES string of the molecule is Cc1cc(C(=O)COc2ccccc2C#N)c(C)n1CC1CCCO1. The highest BCUT2D eigenvalue weighted by molar-refractivity contribution is 5.98. The molecule has 2 heterocycles. The van der Waals surface area contributed by atoms with Crippen molar-refractivity contribution in [1.82, 2.24) is 4.57 Å². The molecule has 1 aliphatic heterocycles. The number of hydrogen-bond donors (Lipinski definition) is 0. The van der Waals surface area contributed by atoms with Crippen LogP contribution in [-0.4, -0.2) is 29.7 Å². The lowest BCUT2D eigenvalue weighted by molar-refractivity contribution is 0.0914. The second-order valence-electron chi connectivity index (χ2n) is 6.35. The topological polar surface area (TPSA) is 64.2 Å². The smallest absolute Gasteiger partial charge is 0.202 e. The molecule has 1 unspecified atom stereocenters. The summed E-state index contributed by atoms with van der Waals surface area (Å²) < 4.78 is 13.4. The highest BCUT2D eigenvalue weighted by Gasteiger charge is 2.21. The number of carbonyl (C=O) groups excluding carboxylic acids is 1. The summed E-state index contributed by atoms with van der Waals surface area (Å²) in [4.78, 5) is 12.6. The number of ketones is 1. The normalized spacial score (nSPS) is 16.6. The van der Waals surface area contributed by atoms with Gasteiger partial charge in [0.1, 0.15) is 11.8 Å². The predicted octanol–water partition coefficient (Wildman–Crippen LogP) is 3.42. The van der Waals surface area contributed by atoms with Gasteiger partial charge in [0.05, 0.1) is 11.7 Å². The lowest BCUT2D eigenvalue weighted by Crippen LogP contribution is -2.18. The third-order valence-electron chi connectivity index (χ3n) is 4.65. The molecular formula is C20H22N2O3. The van der Waals surface area contributed by atoms with Crippen molar-refractivity contribution in [2.75, 3.05) is 13.2 Å². The molecule has 0 N–H and O–H groups in total. The van der Waals surface area contributed by atoms with Crippen LogP contribution in [-0.2, 0) is 11.3 Å². The van der Waals surface area contributed by atoms with E-state index in [2.05, 4.69) is 10.6 Å². The fourth-order valence-corrected chi connectivity index (χ4v) is 3.26. The zero-order valence-corrected chi connectivity index (χ0v) is 14.6. The fourth-order valence-electron chi connectivity index (χ4n) is 3.26. The summed E-state index contributed by atoms with van der Waals surface area (Å²) in [6.45, 7) is 5.48. The lowest BCUT2D eigenvalue weighted by Gasteiger charge is -2.14. The van der Waals surface area contributed by atoms with E-state index in [0.29, 0.717) is 16.9 Å². The largest absolute Gasteiger partial charge is 0.484 e. The molecule has 25 heavy (non-hydrogen) atoms. The molecule has 0 aliphatic carbocycles. The van der Waals surface area contributed by atoms with Crippen molar-refractivity contribution < 1.29 is 14.3 Å². The van der Waals surface area contributed by atoms with E-state index in [-0.39, 0.29) is 18.5 Å². The number of rotatable bonds is 6. The molecule has 1 aromatic heterocycles. The first-order chi connectivity index (χ1) is 12.1. The zero-order valence-electron chi connectivity index (χ0n) is 14.6. The van der Waals surface area contributed by atoms with Crippen molar-refractivity contribution in [2.24, 2.45) is 0 Å². The molecule has 5 heteroatoms. The van der Waals surface area contributed by atoms with Crippen molar-refractivity contribution in [3.8, 4) is 11.8 Å². The van der Waals surface area contributed by atoms with E-state index in [1.54, 1.807) is 24.3 Å². The van der Waals surface area contributed by atoms with Crippen LogP contribution in [0.2, 0.25) is 0 Å². The second-order valence-corrected chi connectivity index (χ2v) is 6.35. The van der Waals surface area contributed by atoms with E-state index in [1.807, 2.05) is 19.9 Å². The van der Waals surface area contributed by atoms with E-state index in [9.17, 15) is 4.79 Å². The van der Waals surface area contributed by atoms with Crippen LogP contribution >= 0.6 is 0 Å². The highest BCUT2D eigenvalue weighted by Crippen LogP contribution is 2.22. The molecular weight excluding hydrogens is 316 g/mol. The van der Waals surface area contributed by atoms with Gasteiger partial charge in [0, 0.05) is 30.1 Å². The number of aromatic nitrogens is 1. The van der Waals surface area contributed by atoms with Crippen molar-refractivity contribution >= 4 is 5.78 Å². The van der Waals surface area contributed by atoms with E-state index >= 15 is 0 Å². The van der Waals surface area contributed by atoms with Crippen LogP contribution in [0.3, 0.4) is 0 Å². The number of para-hydroxylation sites is 1. The summed E-state index contributed by atoms with van der Waals surface area (Å²) in [5.41, 5.74) is 3.09. The van der Waals surface area contributed by atoms with Crippen LogP contribution in [0.4, 0.5) is 0 Å². The Morgan fingerprint density at radius 1 is 1.40 bits per heavy atom. The zero-order chi connectivity index (χ0) is 17.8. The Kier molecular flexibility index (Phi) is 5.20. The lowest BCUT2D eigenvalue weighted by atomic mass is 10.1. The Bertz CT molecular complexity index is 811. The van der Waals surface area contributed by atoms with Gasteiger partial charge in [-0.25, -0.2) is 0 Å². The molecule has 0 amide bonds. The molecule has 130 valence electrons. The first kappa shape index (κ1) is 17.2. The predicted molar refractivity (Wildman–Crippen MR) is 93.9 cm³/mol. The van der Waals surface area contributed by atoms with Crippen LogP contribution in [0, 0.1) is 25.2 Å². The van der Waals surface area contributed by atoms with E-state index in [1.165, 1.54) is 0 Å². The van der Waals surface area contributed by atoms with Gasteiger partial charge in [-0.1, -0.05) is 12.1 Å². The van der Waals surface area contributed by atoms with Gasteiger partial charge in [0.25, 0.3) is 0 Å². The van der Waals surface area contributed by atoms with Gasteiger partial charge in [0.2, 0.25) is 5.78 Å². The monoisotopic (exact) mass is 338 g/mol. The van der Waals surface area contributed by atoms with E-state index in [4.69, 9.17) is 14.7 Å². The van der Waals surface area contributed by atoms with Crippen LogP contribution in [0.1, 0.15) is 40.2 Å². The number of nitrogens with zero attached hydrogens (tertiary/aromatic N) is 2. The Balaban J connectivity index is 1.71. The standard InChI is InChI=1S/C20H22N2O3/c1-14-10-18(15(2)22(14)12-17-7-5-9-24-17)19(23)13-25-20-8-4-3-6-16(20)11-21/h3-4,6,8,10,17H,5,7,9,12-13H2,1-2H3. The number of Topliss-reactive ketones (excluding diaryl/α,β-unsaturated/α-hetero) is 1. The average Bonchev–Trinajstić information content (AvgIpc) is 3.23. The summed E-state index contributed by atoms with van der Waals surface area (Å²) >= 11 is 0. The van der Waals surface area contributed by atoms with Gasteiger partial charge in [-0.3, -0.25) is 4.79 Å².